The summed E-state index contributed by atoms with van der Waals surface area (Å²) >= 11 is 0. The molecule has 356 valence electrons. The number of fused-ring (bicyclic) bond motifs is 3. The van der Waals surface area contributed by atoms with Gasteiger partial charge in [0.15, 0.2) is 17.3 Å². The Morgan fingerprint density at radius 1 is 1.02 bits per heavy atom. The molecule has 15 heteroatoms. The number of rotatable bonds is 13. The Bertz CT molecular complexity index is 2540. The number of hydrogen-bond donors (Lipinski definition) is 1. The summed E-state index contributed by atoms with van der Waals surface area (Å²) in [6, 6.07) is 10.7. The zero-order valence-corrected chi connectivity index (χ0v) is 40.0. The number of aromatic nitrogens is 1. The van der Waals surface area contributed by atoms with Gasteiger partial charge in [0.2, 0.25) is 27.7 Å². The molecule has 66 heavy (non-hydrogen) atoms. The SMILES string of the molecule is COc1ccc2c(O[C@@H]3C[C@H]4C(=O)C[C@]5(C(=O)NS(=O)(=O)C6(C)CC6)C[C@H]5/C=C\CC[C@@H](C)C[C@@H](C)[C@H](CC(=O)OCC5(C)CC5)C(=O)N4C3)nc(-c3ccc(OC(C)C)c(F)c3)cc2c1. The molecule has 0 radical (unpaired) electrons. The van der Waals surface area contributed by atoms with Crippen LogP contribution in [0.5, 0.6) is 17.4 Å². The second kappa shape index (κ2) is 18.2. The highest BCUT2D eigenvalue weighted by molar-refractivity contribution is 7.91. The number of carbonyl (C=O) groups excluding carboxylic acids is 4. The lowest BCUT2D eigenvalue weighted by Gasteiger charge is -2.32. The zero-order chi connectivity index (χ0) is 47.3. The van der Waals surface area contributed by atoms with E-state index in [4.69, 9.17) is 23.9 Å². The topological polar surface area (TPSA) is 167 Å². The number of Topliss-reactive ketones (excluding diaryl/α,β-unsaturated/α-hetero) is 1. The van der Waals surface area contributed by atoms with E-state index >= 15 is 9.18 Å². The van der Waals surface area contributed by atoms with Crippen LogP contribution in [0, 0.1) is 40.3 Å². The molecule has 1 saturated heterocycles. The fraction of sp³-hybridized carbons (Fsp3) is 0.588. The third kappa shape index (κ3) is 10.1. The largest absolute Gasteiger partial charge is 0.497 e. The molecule has 4 fully saturated rings. The molecule has 0 unspecified atom stereocenters. The van der Waals surface area contributed by atoms with Gasteiger partial charge in [-0.05, 0) is 138 Å². The van der Waals surface area contributed by atoms with Crippen LogP contribution in [0.4, 0.5) is 4.39 Å². The highest BCUT2D eigenvalue weighted by Gasteiger charge is 2.63. The van der Waals surface area contributed by atoms with Crippen LogP contribution in [-0.2, 0) is 33.9 Å². The van der Waals surface area contributed by atoms with Crippen molar-refractivity contribution in [2.24, 2.45) is 34.5 Å². The van der Waals surface area contributed by atoms with E-state index in [2.05, 4.69) is 18.6 Å². The average molecular weight is 930 g/mol. The van der Waals surface area contributed by atoms with E-state index in [1.54, 1.807) is 44.4 Å². The van der Waals surface area contributed by atoms with Crippen molar-refractivity contribution in [2.75, 3.05) is 20.3 Å². The molecule has 2 aliphatic heterocycles. The quantitative estimate of drug-likeness (QED) is 0.129. The van der Waals surface area contributed by atoms with E-state index in [-0.39, 0.29) is 85.6 Å². The molecule has 0 bridgehead atoms. The van der Waals surface area contributed by atoms with Crippen LogP contribution < -0.4 is 18.9 Å². The summed E-state index contributed by atoms with van der Waals surface area (Å²) in [5.41, 5.74) is -0.508. The van der Waals surface area contributed by atoms with Gasteiger partial charge in [-0.3, -0.25) is 23.9 Å². The number of nitrogens with one attached hydrogen (secondary N) is 1. The molecule has 3 aromatic rings. The fourth-order valence-corrected chi connectivity index (χ4v) is 11.0. The number of nitrogens with zero attached hydrogens (tertiary/aromatic N) is 2. The molecule has 3 aliphatic carbocycles. The molecular weight excluding hydrogens is 866 g/mol. The number of sulfonamides is 1. The average Bonchev–Trinajstić information content (AvgIpc) is 4.23. The second-order valence-corrected chi connectivity index (χ2v) is 23.0. The van der Waals surface area contributed by atoms with E-state index in [0.717, 1.165) is 19.3 Å². The summed E-state index contributed by atoms with van der Waals surface area (Å²) in [6.45, 7) is 11.6. The van der Waals surface area contributed by atoms with E-state index in [1.165, 1.54) is 11.0 Å². The monoisotopic (exact) mass is 929 g/mol. The molecule has 13 nitrogen and oxygen atoms in total. The maximum atomic E-state index is 15.4. The first-order valence-corrected chi connectivity index (χ1v) is 25.0. The first-order valence-electron chi connectivity index (χ1n) is 23.6. The Hall–Kier alpha value is -5.05. The fourth-order valence-electron chi connectivity index (χ4n) is 9.67. The predicted molar refractivity (Wildman–Crippen MR) is 247 cm³/mol. The number of hydrogen-bond acceptors (Lipinski definition) is 11. The standard InChI is InChI=1S/C51H64FN3O10S/c1-30(2)64-44-15-12-33(22-40(44)52)41-23-34-21-36(62-7)13-14-38(34)46(53-41)65-37-24-42-43(56)27-51(48(59)54-66(60,61)50(6)18-19-50)26-35(51)11-9-8-10-31(3)20-32(4)39(47(58)55(42)28-37)25-45(57)63-29-49(5)16-17-49/h9,11-15,21-23,30-32,35,37,39,42H,8,10,16-20,24-29H2,1-7H3,(H,54,59)/b11-9-/t31-,32-,35-,37-,39+,42+,51-/m1/s1. The van der Waals surface area contributed by atoms with Gasteiger partial charge in [-0.15, -0.1) is 0 Å². The molecule has 1 aromatic heterocycles. The Kier molecular flexibility index (Phi) is 13.1. The third-order valence-electron chi connectivity index (χ3n) is 14.7. The smallest absolute Gasteiger partial charge is 0.306 e. The number of methoxy groups -OCH3 is 1. The van der Waals surface area contributed by atoms with Gasteiger partial charge in [0, 0.05) is 29.2 Å². The summed E-state index contributed by atoms with van der Waals surface area (Å²) in [4.78, 5) is 64.3. The van der Waals surface area contributed by atoms with Crippen molar-refractivity contribution in [3.8, 4) is 28.6 Å². The van der Waals surface area contributed by atoms with Gasteiger partial charge >= 0.3 is 5.97 Å². The Morgan fingerprint density at radius 2 is 1.77 bits per heavy atom. The van der Waals surface area contributed by atoms with Gasteiger partial charge in [0.05, 0.1) is 60.6 Å². The van der Waals surface area contributed by atoms with Gasteiger partial charge in [0.25, 0.3) is 0 Å². The molecule has 2 aromatic carbocycles. The number of benzene rings is 2. The maximum Gasteiger partial charge on any atom is 0.306 e. The second-order valence-electron chi connectivity index (χ2n) is 20.8. The van der Waals surface area contributed by atoms with Gasteiger partial charge in [0.1, 0.15) is 11.9 Å². The lowest BCUT2D eigenvalue weighted by Crippen LogP contribution is -2.48. The van der Waals surface area contributed by atoms with Crippen LogP contribution in [0.15, 0.2) is 54.6 Å². The third-order valence-corrected chi connectivity index (χ3v) is 16.9. The van der Waals surface area contributed by atoms with Crippen LogP contribution in [0.2, 0.25) is 0 Å². The number of allylic oxidation sites excluding steroid dienone is 2. The minimum atomic E-state index is -4.00. The molecular formula is C51H64FN3O10S. The molecule has 7 atom stereocenters. The number of halogens is 1. The van der Waals surface area contributed by atoms with Crippen molar-refractivity contribution in [1.82, 2.24) is 14.6 Å². The van der Waals surface area contributed by atoms with E-state index in [0.29, 0.717) is 53.5 Å². The van der Waals surface area contributed by atoms with Crippen LogP contribution in [0.1, 0.15) is 112 Å². The maximum absolute atomic E-state index is 15.4. The Balaban J connectivity index is 1.15. The minimum absolute atomic E-state index is 0.0319. The molecule has 0 spiro atoms. The number of ether oxygens (including phenoxy) is 4. The van der Waals surface area contributed by atoms with Gasteiger partial charge in [-0.2, -0.15) is 0 Å². The van der Waals surface area contributed by atoms with Crippen molar-refractivity contribution in [1.29, 1.82) is 0 Å². The van der Waals surface area contributed by atoms with Crippen molar-refractivity contribution >= 4 is 44.4 Å². The summed E-state index contributed by atoms with van der Waals surface area (Å²) in [5, 5.41) is 1.30. The summed E-state index contributed by atoms with van der Waals surface area (Å²) < 4.78 is 67.2. The number of esters is 1. The Labute approximate surface area is 387 Å². The van der Waals surface area contributed by atoms with E-state index < -0.39 is 61.7 Å². The zero-order valence-electron chi connectivity index (χ0n) is 39.2. The molecule has 2 amide bonds. The molecule has 8 rings (SSSR count). The molecule has 3 saturated carbocycles. The van der Waals surface area contributed by atoms with Gasteiger partial charge < -0.3 is 23.8 Å². The summed E-state index contributed by atoms with van der Waals surface area (Å²) in [6.07, 6.45) is 7.74. The number of carbonyl (C=O) groups is 4. The van der Waals surface area contributed by atoms with E-state index in [1.807, 2.05) is 39.0 Å². The van der Waals surface area contributed by atoms with Crippen LogP contribution in [0.25, 0.3) is 22.0 Å². The summed E-state index contributed by atoms with van der Waals surface area (Å²) in [7, 11) is -2.45. The molecule has 3 heterocycles. The van der Waals surface area contributed by atoms with Gasteiger partial charge in [-0.1, -0.05) is 32.9 Å². The van der Waals surface area contributed by atoms with Crippen LogP contribution in [-0.4, -0.2) is 85.1 Å². The number of ketones is 1. The van der Waals surface area contributed by atoms with Crippen molar-refractivity contribution < 1.29 is 50.9 Å². The van der Waals surface area contributed by atoms with Crippen molar-refractivity contribution in [2.45, 2.75) is 135 Å². The highest BCUT2D eigenvalue weighted by atomic mass is 32.2. The minimum Gasteiger partial charge on any atom is -0.497 e. The summed E-state index contributed by atoms with van der Waals surface area (Å²) in [5.74, 6) is -2.91. The number of amides is 2. The Morgan fingerprint density at radius 3 is 2.45 bits per heavy atom. The molecule has 1 N–H and O–H groups in total. The van der Waals surface area contributed by atoms with Crippen molar-refractivity contribution in [3.05, 3.63) is 60.4 Å². The lowest BCUT2D eigenvalue weighted by molar-refractivity contribution is -0.152. The first-order chi connectivity index (χ1) is 31.2. The van der Waals surface area contributed by atoms with Crippen LogP contribution >= 0.6 is 0 Å². The van der Waals surface area contributed by atoms with E-state index in [9.17, 15) is 22.8 Å². The highest BCUT2D eigenvalue weighted by Crippen LogP contribution is 2.58. The first kappa shape index (κ1) is 47.4. The van der Waals surface area contributed by atoms with Crippen molar-refractivity contribution in [3.63, 3.8) is 0 Å². The van der Waals surface area contributed by atoms with Crippen LogP contribution in [0.3, 0.4) is 0 Å². The number of pyridine rings is 1. The van der Waals surface area contributed by atoms with Gasteiger partial charge in [-0.25, -0.2) is 17.8 Å². The molecule has 5 aliphatic rings. The predicted octanol–water partition coefficient (Wildman–Crippen LogP) is 8.51. The normalized spacial score (nSPS) is 28.6. The lowest BCUT2D eigenvalue weighted by atomic mass is 9.82.